The monoisotopic (exact) mass is 286 g/mol. The van der Waals surface area contributed by atoms with E-state index < -0.39 is 0 Å². The zero-order valence-corrected chi connectivity index (χ0v) is 12.9. The van der Waals surface area contributed by atoms with Gasteiger partial charge in [-0.3, -0.25) is 0 Å². The maximum absolute atomic E-state index is 5.79. The lowest BCUT2D eigenvalue weighted by atomic mass is 10.3. The molecular formula is C16H22N4O. The van der Waals surface area contributed by atoms with Gasteiger partial charge in [0, 0.05) is 12.2 Å². The van der Waals surface area contributed by atoms with Crippen LogP contribution in [0.1, 0.15) is 27.7 Å². The summed E-state index contributed by atoms with van der Waals surface area (Å²) in [4.78, 5) is 8.64. The minimum atomic E-state index is 0.122. The average Bonchev–Trinajstić information content (AvgIpc) is 2.40. The zero-order valence-electron chi connectivity index (χ0n) is 12.9. The summed E-state index contributed by atoms with van der Waals surface area (Å²) in [6.45, 7) is 8.11. The SMILES string of the molecule is CC(C)Nc1nccc(Nc2ccccc2OC(C)C)n1. The van der Waals surface area contributed by atoms with Crippen molar-refractivity contribution in [3.05, 3.63) is 36.5 Å². The van der Waals surface area contributed by atoms with E-state index in [2.05, 4.69) is 34.4 Å². The number of para-hydroxylation sites is 2. The van der Waals surface area contributed by atoms with Crippen LogP contribution in [-0.2, 0) is 0 Å². The van der Waals surface area contributed by atoms with Gasteiger partial charge < -0.3 is 15.4 Å². The first-order chi connectivity index (χ1) is 10.0. The molecule has 0 aliphatic carbocycles. The molecule has 1 aromatic heterocycles. The Hall–Kier alpha value is -2.30. The van der Waals surface area contributed by atoms with Crippen LogP contribution < -0.4 is 15.4 Å². The highest BCUT2D eigenvalue weighted by molar-refractivity contribution is 5.64. The van der Waals surface area contributed by atoms with Crippen molar-refractivity contribution in [3.8, 4) is 5.75 Å². The van der Waals surface area contributed by atoms with Crippen LogP contribution in [0.25, 0.3) is 0 Å². The maximum atomic E-state index is 5.79. The van der Waals surface area contributed by atoms with Crippen molar-refractivity contribution in [1.82, 2.24) is 9.97 Å². The van der Waals surface area contributed by atoms with Gasteiger partial charge in [0.1, 0.15) is 11.6 Å². The Balaban J connectivity index is 2.18. The van der Waals surface area contributed by atoms with E-state index in [1.54, 1.807) is 6.20 Å². The highest BCUT2D eigenvalue weighted by Crippen LogP contribution is 2.27. The quantitative estimate of drug-likeness (QED) is 0.845. The molecule has 0 saturated carbocycles. The van der Waals surface area contributed by atoms with Gasteiger partial charge in [0.15, 0.2) is 0 Å². The number of ether oxygens (including phenoxy) is 1. The van der Waals surface area contributed by atoms with Crippen LogP contribution in [0.15, 0.2) is 36.5 Å². The fourth-order valence-corrected chi connectivity index (χ4v) is 1.82. The third kappa shape index (κ3) is 4.63. The van der Waals surface area contributed by atoms with E-state index in [4.69, 9.17) is 4.74 Å². The number of benzene rings is 1. The van der Waals surface area contributed by atoms with Gasteiger partial charge in [0.05, 0.1) is 11.8 Å². The smallest absolute Gasteiger partial charge is 0.224 e. The number of aromatic nitrogens is 2. The standard InChI is InChI=1S/C16H22N4O/c1-11(2)18-16-17-10-9-15(20-16)19-13-7-5-6-8-14(13)21-12(3)4/h5-12H,1-4H3,(H2,17,18,19,20). The topological polar surface area (TPSA) is 59.1 Å². The third-order valence-corrected chi connectivity index (χ3v) is 2.59. The van der Waals surface area contributed by atoms with Gasteiger partial charge >= 0.3 is 0 Å². The molecule has 0 radical (unpaired) electrons. The Morgan fingerprint density at radius 2 is 1.81 bits per heavy atom. The summed E-state index contributed by atoms with van der Waals surface area (Å²) in [6, 6.07) is 9.94. The lowest BCUT2D eigenvalue weighted by Crippen LogP contribution is -2.13. The number of hydrogen-bond acceptors (Lipinski definition) is 5. The van der Waals surface area contributed by atoms with Crippen molar-refractivity contribution in [2.45, 2.75) is 39.8 Å². The molecule has 1 aromatic carbocycles. The minimum absolute atomic E-state index is 0.122. The van der Waals surface area contributed by atoms with Gasteiger partial charge in [0.25, 0.3) is 0 Å². The van der Waals surface area contributed by atoms with Crippen LogP contribution in [0.3, 0.4) is 0 Å². The van der Waals surface area contributed by atoms with Crippen molar-refractivity contribution in [2.24, 2.45) is 0 Å². The number of anilines is 3. The van der Waals surface area contributed by atoms with Crippen LogP contribution in [0, 0.1) is 0 Å². The predicted octanol–water partition coefficient (Wildman–Crippen LogP) is 3.83. The lowest BCUT2D eigenvalue weighted by molar-refractivity contribution is 0.244. The number of nitrogens with one attached hydrogen (secondary N) is 2. The molecule has 0 aliphatic heterocycles. The van der Waals surface area contributed by atoms with E-state index in [1.165, 1.54) is 0 Å². The van der Waals surface area contributed by atoms with Crippen LogP contribution >= 0.6 is 0 Å². The average molecular weight is 286 g/mol. The molecule has 5 heteroatoms. The molecule has 0 fully saturated rings. The summed E-state index contributed by atoms with van der Waals surface area (Å²) < 4.78 is 5.79. The number of hydrogen-bond donors (Lipinski definition) is 2. The number of nitrogens with zero attached hydrogens (tertiary/aromatic N) is 2. The van der Waals surface area contributed by atoms with Crippen molar-refractivity contribution >= 4 is 17.5 Å². The molecule has 0 atom stereocenters. The predicted molar refractivity (Wildman–Crippen MR) is 86.3 cm³/mol. The van der Waals surface area contributed by atoms with Gasteiger partial charge in [-0.05, 0) is 45.9 Å². The van der Waals surface area contributed by atoms with Crippen LogP contribution in [0.5, 0.6) is 5.75 Å². The van der Waals surface area contributed by atoms with E-state index in [0.717, 1.165) is 17.3 Å². The fourth-order valence-electron chi connectivity index (χ4n) is 1.82. The molecule has 0 aliphatic rings. The molecule has 5 nitrogen and oxygen atoms in total. The summed E-state index contributed by atoms with van der Waals surface area (Å²) in [7, 11) is 0. The highest BCUT2D eigenvalue weighted by atomic mass is 16.5. The van der Waals surface area contributed by atoms with E-state index in [0.29, 0.717) is 5.95 Å². The molecule has 1 heterocycles. The van der Waals surface area contributed by atoms with Crippen LogP contribution in [-0.4, -0.2) is 22.1 Å². The Labute approximate surface area is 125 Å². The summed E-state index contributed by atoms with van der Waals surface area (Å²) in [5, 5.41) is 6.46. The van der Waals surface area contributed by atoms with Crippen molar-refractivity contribution in [3.63, 3.8) is 0 Å². The Kier molecular flexibility index (Phi) is 4.98. The highest BCUT2D eigenvalue weighted by Gasteiger charge is 2.07. The molecule has 0 saturated heterocycles. The summed E-state index contributed by atoms with van der Waals surface area (Å²) in [5.41, 5.74) is 0.889. The molecular weight excluding hydrogens is 264 g/mol. The maximum Gasteiger partial charge on any atom is 0.224 e. The van der Waals surface area contributed by atoms with Crippen LogP contribution in [0.4, 0.5) is 17.5 Å². The van der Waals surface area contributed by atoms with E-state index in [1.807, 2.05) is 44.2 Å². The largest absolute Gasteiger partial charge is 0.489 e. The van der Waals surface area contributed by atoms with Gasteiger partial charge in [-0.1, -0.05) is 12.1 Å². The fraction of sp³-hybridized carbons (Fsp3) is 0.375. The summed E-state index contributed by atoms with van der Waals surface area (Å²) in [5.74, 6) is 2.15. The first-order valence-electron chi connectivity index (χ1n) is 7.17. The Morgan fingerprint density at radius 3 is 2.52 bits per heavy atom. The second kappa shape index (κ2) is 6.92. The molecule has 112 valence electrons. The van der Waals surface area contributed by atoms with E-state index >= 15 is 0 Å². The van der Waals surface area contributed by atoms with Crippen molar-refractivity contribution in [1.29, 1.82) is 0 Å². The van der Waals surface area contributed by atoms with Gasteiger partial charge in [-0.2, -0.15) is 4.98 Å². The molecule has 0 unspecified atom stereocenters. The molecule has 0 spiro atoms. The molecule has 2 N–H and O–H groups in total. The molecule has 2 aromatic rings. The van der Waals surface area contributed by atoms with Gasteiger partial charge in [-0.15, -0.1) is 0 Å². The zero-order chi connectivity index (χ0) is 15.2. The first-order valence-corrected chi connectivity index (χ1v) is 7.17. The second-order valence-electron chi connectivity index (χ2n) is 5.35. The minimum Gasteiger partial charge on any atom is -0.489 e. The number of rotatable bonds is 6. The lowest BCUT2D eigenvalue weighted by Gasteiger charge is -2.15. The first kappa shape index (κ1) is 15.1. The molecule has 2 rings (SSSR count). The Bertz CT molecular complexity index is 584. The molecule has 21 heavy (non-hydrogen) atoms. The normalized spacial score (nSPS) is 10.8. The van der Waals surface area contributed by atoms with E-state index in [9.17, 15) is 0 Å². The van der Waals surface area contributed by atoms with Gasteiger partial charge in [0.2, 0.25) is 5.95 Å². The Morgan fingerprint density at radius 1 is 1.05 bits per heavy atom. The van der Waals surface area contributed by atoms with Crippen LogP contribution in [0.2, 0.25) is 0 Å². The molecule has 0 bridgehead atoms. The van der Waals surface area contributed by atoms with Gasteiger partial charge in [-0.25, -0.2) is 4.98 Å². The second-order valence-corrected chi connectivity index (χ2v) is 5.35. The summed E-state index contributed by atoms with van der Waals surface area (Å²) >= 11 is 0. The van der Waals surface area contributed by atoms with Crippen molar-refractivity contribution in [2.75, 3.05) is 10.6 Å². The molecule has 0 amide bonds. The summed E-state index contributed by atoms with van der Waals surface area (Å²) in [6.07, 6.45) is 1.85. The third-order valence-electron chi connectivity index (χ3n) is 2.59. The van der Waals surface area contributed by atoms with E-state index in [-0.39, 0.29) is 12.1 Å². The van der Waals surface area contributed by atoms with Crippen molar-refractivity contribution < 1.29 is 4.74 Å².